The number of unbranched alkanes of at least 4 members (excludes halogenated alkanes) is 2. The molecule has 0 atom stereocenters. The molecule has 0 saturated carbocycles. The van der Waals surface area contributed by atoms with Crippen LogP contribution in [0.5, 0.6) is 0 Å². The van der Waals surface area contributed by atoms with Gasteiger partial charge in [-0.25, -0.2) is 0 Å². The minimum absolute atomic E-state index is 0.148. The van der Waals surface area contributed by atoms with Crippen molar-refractivity contribution in [1.82, 2.24) is 15.1 Å². The van der Waals surface area contributed by atoms with Crippen LogP contribution in [0.1, 0.15) is 32.6 Å². The molecule has 0 aliphatic carbocycles. The molecule has 0 bridgehead atoms. The van der Waals surface area contributed by atoms with Gasteiger partial charge in [-0.1, -0.05) is 19.8 Å². The number of nitrogens with zero attached hydrogens (tertiary/aromatic N) is 2. The number of amides is 1. The molecule has 0 radical (unpaired) electrons. The van der Waals surface area contributed by atoms with E-state index in [1.807, 2.05) is 0 Å². The second-order valence-corrected chi connectivity index (χ2v) is 4.81. The smallest absolute Gasteiger partial charge is 0.221 e. The van der Waals surface area contributed by atoms with E-state index in [9.17, 15) is 4.79 Å². The van der Waals surface area contributed by atoms with Crippen molar-refractivity contribution in [2.45, 2.75) is 32.6 Å². The van der Waals surface area contributed by atoms with Crippen molar-refractivity contribution in [3.05, 3.63) is 0 Å². The van der Waals surface area contributed by atoms with Crippen molar-refractivity contribution in [1.29, 1.82) is 0 Å². The van der Waals surface area contributed by atoms with Crippen molar-refractivity contribution in [2.75, 3.05) is 46.3 Å². The highest BCUT2D eigenvalue weighted by molar-refractivity contribution is 5.75. The number of carbonyl (C=O) groups excluding carboxylic acids is 1. The van der Waals surface area contributed by atoms with Crippen LogP contribution in [0.3, 0.4) is 0 Å². The van der Waals surface area contributed by atoms with Gasteiger partial charge >= 0.3 is 0 Å². The Kier molecular flexibility index (Phi) is 7.21. The first kappa shape index (κ1) is 14.5. The number of nitrogens with one attached hydrogen (secondary N) is 1. The Balaban J connectivity index is 2.07. The fourth-order valence-corrected chi connectivity index (χ4v) is 2.21. The molecule has 1 aliphatic heterocycles. The Bertz CT molecular complexity index is 213. The van der Waals surface area contributed by atoms with Crippen LogP contribution in [0.4, 0.5) is 0 Å². The first-order valence-electron chi connectivity index (χ1n) is 6.91. The van der Waals surface area contributed by atoms with Gasteiger partial charge in [0.25, 0.3) is 0 Å². The quantitative estimate of drug-likeness (QED) is 0.674. The van der Waals surface area contributed by atoms with E-state index in [0.717, 1.165) is 32.7 Å². The fraction of sp³-hybridized carbons (Fsp3) is 0.923. The van der Waals surface area contributed by atoms with Gasteiger partial charge in [0.05, 0.1) is 0 Å². The maximum absolute atomic E-state index is 11.1. The molecular formula is C13H27N3O. The summed E-state index contributed by atoms with van der Waals surface area (Å²) < 4.78 is 0. The molecule has 4 heteroatoms. The maximum Gasteiger partial charge on any atom is 0.221 e. The highest BCUT2D eigenvalue weighted by atomic mass is 16.1. The topological polar surface area (TPSA) is 35.6 Å². The van der Waals surface area contributed by atoms with Gasteiger partial charge in [0, 0.05) is 46.2 Å². The Morgan fingerprint density at radius 1 is 1.06 bits per heavy atom. The molecule has 0 aromatic rings. The zero-order chi connectivity index (χ0) is 12.5. The van der Waals surface area contributed by atoms with E-state index in [0.29, 0.717) is 6.42 Å². The summed E-state index contributed by atoms with van der Waals surface area (Å²) in [6.45, 7) is 8.96. The van der Waals surface area contributed by atoms with Crippen molar-refractivity contribution >= 4 is 5.91 Å². The van der Waals surface area contributed by atoms with E-state index < -0.39 is 0 Å². The van der Waals surface area contributed by atoms with Gasteiger partial charge < -0.3 is 15.1 Å². The highest BCUT2D eigenvalue weighted by Gasteiger charge is 2.16. The molecule has 100 valence electrons. The first-order chi connectivity index (χ1) is 8.26. The summed E-state index contributed by atoms with van der Waals surface area (Å²) in [6, 6.07) is 0. The molecule has 0 aromatic heterocycles. The molecule has 1 aliphatic rings. The van der Waals surface area contributed by atoms with Crippen LogP contribution >= 0.6 is 0 Å². The molecular weight excluding hydrogens is 214 g/mol. The van der Waals surface area contributed by atoms with E-state index in [2.05, 4.69) is 22.0 Å². The average Bonchev–Trinajstić information content (AvgIpc) is 2.37. The number of rotatable bonds is 7. The van der Waals surface area contributed by atoms with E-state index in [1.165, 1.54) is 25.8 Å². The number of hydrogen-bond donors (Lipinski definition) is 1. The van der Waals surface area contributed by atoms with Crippen LogP contribution in [-0.4, -0.2) is 62.0 Å². The Labute approximate surface area is 105 Å². The minimum atomic E-state index is 0.148. The van der Waals surface area contributed by atoms with Gasteiger partial charge in [-0.15, -0.1) is 0 Å². The third-order valence-corrected chi connectivity index (χ3v) is 3.48. The second kappa shape index (κ2) is 8.48. The summed E-state index contributed by atoms with van der Waals surface area (Å²) in [7, 11) is 1.70. The van der Waals surface area contributed by atoms with Crippen LogP contribution < -0.4 is 5.32 Å². The minimum Gasteiger partial charge on any atom is -0.359 e. The summed E-state index contributed by atoms with van der Waals surface area (Å²) in [5.41, 5.74) is 0. The summed E-state index contributed by atoms with van der Waals surface area (Å²) in [5, 5.41) is 2.67. The molecule has 0 unspecified atom stereocenters. The van der Waals surface area contributed by atoms with E-state index in [-0.39, 0.29) is 5.91 Å². The monoisotopic (exact) mass is 241 g/mol. The van der Waals surface area contributed by atoms with Crippen molar-refractivity contribution < 1.29 is 4.79 Å². The largest absolute Gasteiger partial charge is 0.359 e. The van der Waals surface area contributed by atoms with E-state index in [4.69, 9.17) is 0 Å². The normalized spacial score (nSPS) is 18.2. The fourth-order valence-electron chi connectivity index (χ4n) is 2.21. The Morgan fingerprint density at radius 2 is 1.65 bits per heavy atom. The third kappa shape index (κ3) is 6.03. The van der Waals surface area contributed by atoms with Gasteiger partial charge in [0.2, 0.25) is 5.91 Å². The molecule has 1 N–H and O–H groups in total. The lowest BCUT2D eigenvalue weighted by atomic mass is 10.2. The molecule has 1 rings (SSSR count). The third-order valence-electron chi connectivity index (χ3n) is 3.48. The molecule has 0 spiro atoms. The standard InChI is InChI=1S/C13H27N3O/c1-3-4-5-7-15-9-11-16(12-10-15)8-6-13(17)14-2/h3-12H2,1-2H3,(H,14,17). The first-order valence-corrected chi connectivity index (χ1v) is 6.91. The van der Waals surface area contributed by atoms with Crippen LogP contribution in [0.15, 0.2) is 0 Å². The summed E-state index contributed by atoms with van der Waals surface area (Å²) >= 11 is 0. The molecule has 1 heterocycles. The Hall–Kier alpha value is -0.610. The predicted molar refractivity (Wildman–Crippen MR) is 71.1 cm³/mol. The Morgan fingerprint density at radius 3 is 2.18 bits per heavy atom. The van der Waals surface area contributed by atoms with Crippen molar-refractivity contribution in [3.63, 3.8) is 0 Å². The van der Waals surface area contributed by atoms with Crippen molar-refractivity contribution in [2.24, 2.45) is 0 Å². The van der Waals surface area contributed by atoms with Gasteiger partial charge in [-0.2, -0.15) is 0 Å². The molecule has 1 amide bonds. The second-order valence-electron chi connectivity index (χ2n) is 4.81. The molecule has 4 nitrogen and oxygen atoms in total. The van der Waals surface area contributed by atoms with Crippen LogP contribution in [0, 0.1) is 0 Å². The van der Waals surface area contributed by atoms with Gasteiger partial charge in [-0.3, -0.25) is 4.79 Å². The molecule has 0 aromatic carbocycles. The zero-order valence-electron chi connectivity index (χ0n) is 11.4. The maximum atomic E-state index is 11.1. The number of carbonyl (C=O) groups is 1. The summed E-state index contributed by atoms with van der Waals surface area (Å²) in [6.07, 6.45) is 4.60. The van der Waals surface area contributed by atoms with Gasteiger partial charge in [0.15, 0.2) is 0 Å². The van der Waals surface area contributed by atoms with Crippen LogP contribution in [-0.2, 0) is 4.79 Å². The SMILES string of the molecule is CCCCCN1CCN(CCC(=O)NC)CC1. The summed E-state index contributed by atoms with van der Waals surface area (Å²) in [5.74, 6) is 0.148. The molecule has 1 saturated heterocycles. The average molecular weight is 241 g/mol. The van der Waals surface area contributed by atoms with E-state index >= 15 is 0 Å². The van der Waals surface area contributed by atoms with Crippen LogP contribution in [0.2, 0.25) is 0 Å². The lowest BCUT2D eigenvalue weighted by molar-refractivity contribution is -0.121. The van der Waals surface area contributed by atoms with Crippen LogP contribution in [0.25, 0.3) is 0 Å². The number of piperazine rings is 1. The molecule has 1 fully saturated rings. The van der Waals surface area contributed by atoms with Gasteiger partial charge in [0.1, 0.15) is 0 Å². The lowest BCUT2D eigenvalue weighted by Gasteiger charge is -2.34. The zero-order valence-corrected chi connectivity index (χ0v) is 11.4. The van der Waals surface area contributed by atoms with E-state index in [1.54, 1.807) is 7.05 Å². The highest BCUT2D eigenvalue weighted by Crippen LogP contribution is 2.05. The molecule has 17 heavy (non-hydrogen) atoms. The van der Waals surface area contributed by atoms with Crippen molar-refractivity contribution in [3.8, 4) is 0 Å². The summed E-state index contributed by atoms with van der Waals surface area (Å²) in [4.78, 5) is 16.1. The predicted octanol–water partition coefficient (Wildman–Crippen LogP) is 0.930. The number of hydrogen-bond acceptors (Lipinski definition) is 3. The van der Waals surface area contributed by atoms with Gasteiger partial charge in [-0.05, 0) is 13.0 Å². The lowest BCUT2D eigenvalue weighted by Crippen LogP contribution is -2.47.